The highest BCUT2D eigenvalue weighted by atomic mass is 16.5. The summed E-state index contributed by atoms with van der Waals surface area (Å²) in [7, 11) is 0. The van der Waals surface area contributed by atoms with Crippen LogP contribution in [0.15, 0.2) is 41.6 Å². The van der Waals surface area contributed by atoms with E-state index in [-0.39, 0.29) is 18.1 Å². The van der Waals surface area contributed by atoms with E-state index >= 15 is 0 Å². The van der Waals surface area contributed by atoms with Crippen molar-refractivity contribution < 1.29 is 10.0 Å². The number of hydrogen-bond donors (Lipinski definition) is 4. The fourth-order valence-electron chi connectivity index (χ4n) is 2.97. The number of hydroxylamine groups is 1. The van der Waals surface area contributed by atoms with Gasteiger partial charge in [0.1, 0.15) is 0 Å². The first-order valence-corrected chi connectivity index (χ1v) is 7.69. The summed E-state index contributed by atoms with van der Waals surface area (Å²) in [6.45, 7) is 0. The first-order chi connectivity index (χ1) is 10.6. The lowest BCUT2D eigenvalue weighted by atomic mass is 9.83. The molecule has 1 fully saturated rings. The standard InChI is InChI=1S/C17H23N3O2/c18-16(12-7-3-1-4-8-12)14(11-15(21)20-22)17(19)13-9-5-2-6-10-13/h1,3-4,7-8,13,18,22H,2,5-6,9-11,19H2,(H,20,21)/b17-14-,18-16?. The minimum Gasteiger partial charge on any atom is -0.402 e. The molecule has 0 unspecified atom stereocenters. The fourth-order valence-corrected chi connectivity index (χ4v) is 2.97. The minimum absolute atomic E-state index is 0.0768. The molecule has 1 aromatic rings. The van der Waals surface area contributed by atoms with Gasteiger partial charge in [0, 0.05) is 11.3 Å². The van der Waals surface area contributed by atoms with Crippen LogP contribution in [0.1, 0.15) is 44.1 Å². The van der Waals surface area contributed by atoms with Crippen molar-refractivity contribution in [3.05, 3.63) is 47.2 Å². The van der Waals surface area contributed by atoms with E-state index in [0.29, 0.717) is 11.3 Å². The van der Waals surface area contributed by atoms with Crippen LogP contribution in [0.4, 0.5) is 0 Å². The summed E-state index contributed by atoms with van der Waals surface area (Å²) in [6.07, 6.45) is 5.39. The normalized spacial score (nSPS) is 16.8. The zero-order valence-electron chi connectivity index (χ0n) is 12.6. The van der Waals surface area contributed by atoms with E-state index in [9.17, 15) is 4.79 Å². The molecule has 22 heavy (non-hydrogen) atoms. The van der Waals surface area contributed by atoms with Crippen LogP contribution in [-0.4, -0.2) is 16.8 Å². The summed E-state index contributed by atoms with van der Waals surface area (Å²) in [5.41, 5.74) is 10.1. The van der Waals surface area contributed by atoms with Gasteiger partial charge in [-0.2, -0.15) is 0 Å². The summed E-state index contributed by atoms with van der Waals surface area (Å²) >= 11 is 0. The summed E-state index contributed by atoms with van der Waals surface area (Å²) in [5, 5.41) is 17.2. The molecule has 1 aromatic carbocycles. The molecule has 0 heterocycles. The topological polar surface area (TPSA) is 99.2 Å². The number of nitrogens with one attached hydrogen (secondary N) is 2. The minimum atomic E-state index is -0.547. The molecule has 5 N–H and O–H groups in total. The molecule has 1 saturated carbocycles. The molecule has 0 saturated heterocycles. The fraction of sp³-hybridized carbons (Fsp3) is 0.412. The Labute approximate surface area is 130 Å². The van der Waals surface area contributed by atoms with Crippen LogP contribution in [-0.2, 0) is 4.79 Å². The Hall–Kier alpha value is -2.14. The first kappa shape index (κ1) is 16.2. The number of benzene rings is 1. The molecule has 5 nitrogen and oxygen atoms in total. The highest BCUT2D eigenvalue weighted by molar-refractivity contribution is 6.13. The lowest BCUT2D eigenvalue weighted by Crippen LogP contribution is -2.26. The molecule has 0 atom stereocenters. The predicted molar refractivity (Wildman–Crippen MR) is 85.6 cm³/mol. The average Bonchev–Trinajstić information content (AvgIpc) is 2.59. The Morgan fingerprint density at radius 2 is 1.86 bits per heavy atom. The number of rotatable bonds is 5. The van der Waals surface area contributed by atoms with E-state index in [1.807, 2.05) is 30.3 Å². The maximum atomic E-state index is 11.6. The van der Waals surface area contributed by atoms with Crippen molar-refractivity contribution in [2.75, 3.05) is 0 Å². The molecule has 0 bridgehead atoms. The molecule has 1 aliphatic rings. The van der Waals surface area contributed by atoms with Gasteiger partial charge in [-0.1, -0.05) is 49.6 Å². The van der Waals surface area contributed by atoms with Crippen LogP contribution in [0.2, 0.25) is 0 Å². The van der Waals surface area contributed by atoms with Crippen molar-refractivity contribution in [2.24, 2.45) is 11.7 Å². The highest BCUT2D eigenvalue weighted by Gasteiger charge is 2.23. The van der Waals surface area contributed by atoms with Crippen LogP contribution in [0.3, 0.4) is 0 Å². The molecule has 1 amide bonds. The summed E-state index contributed by atoms with van der Waals surface area (Å²) in [6, 6.07) is 9.24. The number of carbonyl (C=O) groups excluding carboxylic acids is 1. The Bertz CT molecular complexity index is 561. The lowest BCUT2D eigenvalue weighted by molar-refractivity contribution is -0.128. The number of nitrogens with two attached hydrogens (primary N) is 1. The second kappa shape index (κ2) is 7.75. The Kier molecular flexibility index (Phi) is 5.72. The third-order valence-corrected chi connectivity index (χ3v) is 4.22. The van der Waals surface area contributed by atoms with Crippen molar-refractivity contribution in [3.8, 4) is 0 Å². The lowest BCUT2D eigenvalue weighted by Gasteiger charge is -2.25. The molecule has 0 spiro atoms. The van der Waals surface area contributed by atoms with Crippen LogP contribution < -0.4 is 11.2 Å². The van der Waals surface area contributed by atoms with Crippen LogP contribution in [0.5, 0.6) is 0 Å². The Morgan fingerprint density at radius 3 is 2.45 bits per heavy atom. The predicted octanol–water partition coefficient (Wildman–Crippen LogP) is 2.74. The smallest absolute Gasteiger partial charge is 0.247 e. The van der Waals surface area contributed by atoms with Crippen LogP contribution in [0, 0.1) is 11.3 Å². The number of hydrogen-bond acceptors (Lipinski definition) is 4. The number of allylic oxidation sites excluding steroid dienone is 1. The van der Waals surface area contributed by atoms with Crippen molar-refractivity contribution in [3.63, 3.8) is 0 Å². The summed E-state index contributed by atoms with van der Waals surface area (Å²) < 4.78 is 0. The quantitative estimate of drug-likeness (QED) is 0.382. The van der Waals surface area contributed by atoms with Gasteiger partial charge in [0.15, 0.2) is 0 Å². The molecule has 0 aliphatic heterocycles. The van der Waals surface area contributed by atoms with Gasteiger partial charge >= 0.3 is 0 Å². The van der Waals surface area contributed by atoms with E-state index in [1.54, 1.807) is 5.48 Å². The number of amides is 1. The van der Waals surface area contributed by atoms with Gasteiger partial charge in [-0.05, 0) is 24.3 Å². The van der Waals surface area contributed by atoms with Gasteiger partial charge in [-0.15, -0.1) is 0 Å². The number of carbonyl (C=O) groups is 1. The van der Waals surface area contributed by atoms with Crippen LogP contribution in [0.25, 0.3) is 0 Å². The third kappa shape index (κ3) is 3.95. The van der Waals surface area contributed by atoms with Crippen molar-refractivity contribution >= 4 is 11.6 Å². The van der Waals surface area contributed by atoms with Gasteiger partial charge < -0.3 is 5.73 Å². The van der Waals surface area contributed by atoms with Crippen LogP contribution >= 0.6 is 0 Å². The Morgan fingerprint density at radius 1 is 1.23 bits per heavy atom. The van der Waals surface area contributed by atoms with E-state index < -0.39 is 5.91 Å². The second-order valence-corrected chi connectivity index (χ2v) is 5.72. The second-order valence-electron chi connectivity index (χ2n) is 5.72. The molecule has 0 radical (unpaired) electrons. The molecular formula is C17H23N3O2. The highest BCUT2D eigenvalue weighted by Crippen LogP contribution is 2.30. The van der Waals surface area contributed by atoms with Crippen molar-refractivity contribution in [2.45, 2.75) is 38.5 Å². The van der Waals surface area contributed by atoms with Crippen molar-refractivity contribution in [1.29, 1.82) is 5.41 Å². The third-order valence-electron chi connectivity index (χ3n) is 4.22. The van der Waals surface area contributed by atoms with E-state index in [0.717, 1.165) is 31.2 Å². The van der Waals surface area contributed by atoms with E-state index in [4.69, 9.17) is 16.4 Å². The maximum absolute atomic E-state index is 11.6. The average molecular weight is 301 g/mol. The van der Waals surface area contributed by atoms with Gasteiger partial charge in [-0.25, -0.2) is 5.48 Å². The van der Waals surface area contributed by atoms with Gasteiger partial charge in [0.25, 0.3) is 0 Å². The zero-order chi connectivity index (χ0) is 15.9. The van der Waals surface area contributed by atoms with Gasteiger partial charge in [0.2, 0.25) is 5.91 Å². The van der Waals surface area contributed by atoms with Gasteiger partial charge in [0.05, 0.1) is 12.1 Å². The maximum Gasteiger partial charge on any atom is 0.247 e. The molecule has 118 valence electrons. The molecule has 2 rings (SSSR count). The van der Waals surface area contributed by atoms with E-state index in [1.165, 1.54) is 6.42 Å². The monoisotopic (exact) mass is 301 g/mol. The first-order valence-electron chi connectivity index (χ1n) is 7.69. The molecule has 0 aromatic heterocycles. The molecule has 1 aliphatic carbocycles. The Balaban J connectivity index is 2.32. The summed E-state index contributed by atoms with van der Waals surface area (Å²) in [4.78, 5) is 11.6. The van der Waals surface area contributed by atoms with Gasteiger partial charge in [-0.3, -0.25) is 15.4 Å². The summed E-state index contributed by atoms with van der Waals surface area (Å²) in [5.74, 6) is -0.325. The van der Waals surface area contributed by atoms with E-state index in [2.05, 4.69) is 0 Å². The SMILES string of the molecule is N=C(/C(CC(=O)NO)=C(\N)C1CCCCC1)c1ccccc1. The molecule has 5 heteroatoms. The zero-order valence-corrected chi connectivity index (χ0v) is 12.6. The largest absolute Gasteiger partial charge is 0.402 e. The van der Waals surface area contributed by atoms with Crippen molar-refractivity contribution in [1.82, 2.24) is 5.48 Å². The molecular weight excluding hydrogens is 278 g/mol.